The van der Waals surface area contributed by atoms with Crippen molar-refractivity contribution in [3.63, 3.8) is 0 Å². The summed E-state index contributed by atoms with van der Waals surface area (Å²) < 4.78 is 1.77. The normalized spacial score (nSPS) is 11.2. The first-order valence-corrected chi connectivity index (χ1v) is 6.84. The summed E-state index contributed by atoms with van der Waals surface area (Å²) in [5, 5.41) is 12.3. The van der Waals surface area contributed by atoms with Gasteiger partial charge in [-0.25, -0.2) is 4.98 Å². The summed E-state index contributed by atoms with van der Waals surface area (Å²) in [7, 11) is 0. The standard InChI is InChI=1S/C15H21N3O2/c1-10(2)7-16-15(20)8-18-13-5-4-11(3)6-12(13)17-14(18)9-19/h4-6,10,19H,7-9H2,1-3H3,(H,16,20). The molecule has 0 aliphatic carbocycles. The number of imidazole rings is 1. The van der Waals surface area contributed by atoms with Crippen LogP contribution in [0.4, 0.5) is 0 Å². The molecule has 0 saturated heterocycles. The fourth-order valence-corrected chi connectivity index (χ4v) is 2.10. The molecule has 0 aliphatic rings. The summed E-state index contributed by atoms with van der Waals surface area (Å²) in [5.74, 6) is 0.872. The summed E-state index contributed by atoms with van der Waals surface area (Å²) >= 11 is 0. The van der Waals surface area contributed by atoms with E-state index in [4.69, 9.17) is 0 Å². The van der Waals surface area contributed by atoms with Gasteiger partial charge in [0.05, 0.1) is 11.0 Å². The summed E-state index contributed by atoms with van der Waals surface area (Å²) in [5.41, 5.74) is 2.79. The predicted octanol–water partition coefficient (Wildman–Crippen LogP) is 1.61. The van der Waals surface area contributed by atoms with Gasteiger partial charge in [0.25, 0.3) is 0 Å². The van der Waals surface area contributed by atoms with Crippen LogP contribution in [0.5, 0.6) is 0 Å². The highest BCUT2D eigenvalue weighted by Crippen LogP contribution is 2.17. The van der Waals surface area contributed by atoms with Crippen molar-refractivity contribution >= 4 is 16.9 Å². The molecule has 0 unspecified atom stereocenters. The number of carbonyl (C=O) groups excluding carboxylic acids is 1. The molecule has 1 amide bonds. The van der Waals surface area contributed by atoms with Crippen LogP contribution in [0.2, 0.25) is 0 Å². The fraction of sp³-hybridized carbons (Fsp3) is 0.467. The SMILES string of the molecule is Cc1ccc2c(c1)nc(CO)n2CC(=O)NCC(C)C. The van der Waals surface area contributed by atoms with E-state index in [1.54, 1.807) is 4.57 Å². The van der Waals surface area contributed by atoms with E-state index in [0.29, 0.717) is 18.3 Å². The zero-order valence-corrected chi connectivity index (χ0v) is 12.2. The second-order valence-electron chi connectivity index (χ2n) is 5.46. The van der Waals surface area contributed by atoms with Gasteiger partial charge in [-0.2, -0.15) is 0 Å². The van der Waals surface area contributed by atoms with Crippen LogP contribution in [-0.4, -0.2) is 27.1 Å². The van der Waals surface area contributed by atoms with E-state index in [2.05, 4.69) is 24.1 Å². The zero-order valence-electron chi connectivity index (χ0n) is 12.2. The first-order chi connectivity index (χ1) is 9.51. The molecule has 108 valence electrons. The molecule has 2 N–H and O–H groups in total. The van der Waals surface area contributed by atoms with Gasteiger partial charge in [-0.05, 0) is 30.5 Å². The second kappa shape index (κ2) is 6.05. The van der Waals surface area contributed by atoms with Crippen molar-refractivity contribution in [3.05, 3.63) is 29.6 Å². The largest absolute Gasteiger partial charge is 0.388 e. The molecule has 1 heterocycles. The Morgan fingerprint density at radius 3 is 2.85 bits per heavy atom. The average molecular weight is 275 g/mol. The number of rotatable bonds is 5. The summed E-state index contributed by atoms with van der Waals surface area (Å²) in [6.45, 7) is 6.75. The van der Waals surface area contributed by atoms with E-state index in [-0.39, 0.29) is 19.1 Å². The Hall–Kier alpha value is -1.88. The summed E-state index contributed by atoms with van der Waals surface area (Å²) in [6, 6.07) is 5.87. The quantitative estimate of drug-likeness (QED) is 0.871. The van der Waals surface area contributed by atoms with Crippen LogP contribution in [0.15, 0.2) is 18.2 Å². The van der Waals surface area contributed by atoms with E-state index < -0.39 is 0 Å². The van der Waals surface area contributed by atoms with Crippen molar-refractivity contribution in [3.8, 4) is 0 Å². The van der Waals surface area contributed by atoms with Gasteiger partial charge in [-0.1, -0.05) is 19.9 Å². The van der Waals surface area contributed by atoms with Gasteiger partial charge in [-0.15, -0.1) is 0 Å². The lowest BCUT2D eigenvalue weighted by Crippen LogP contribution is -2.31. The number of carbonyl (C=O) groups is 1. The fourth-order valence-electron chi connectivity index (χ4n) is 2.10. The van der Waals surface area contributed by atoms with E-state index >= 15 is 0 Å². The number of nitrogens with one attached hydrogen (secondary N) is 1. The number of nitrogens with zero attached hydrogens (tertiary/aromatic N) is 2. The number of benzene rings is 1. The van der Waals surface area contributed by atoms with Gasteiger partial charge in [0.1, 0.15) is 19.0 Å². The highest BCUT2D eigenvalue weighted by Gasteiger charge is 2.13. The predicted molar refractivity (Wildman–Crippen MR) is 78.2 cm³/mol. The molecule has 2 rings (SSSR count). The molecule has 0 bridgehead atoms. The zero-order chi connectivity index (χ0) is 14.7. The molecule has 1 aromatic heterocycles. The van der Waals surface area contributed by atoms with Crippen molar-refractivity contribution in [2.75, 3.05) is 6.54 Å². The first-order valence-electron chi connectivity index (χ1n) is 6.84. The molecular weight excluding hydrogens is 254 g/mol. The Morgan fingerprint density at radius 2 is 2.20 bits per heavy atom. The van der Waals surface area contributed by atoms with Crippen LogP contribution in [0.25, 0.3) is 11.0 Å². The minimum Gasteiger partial charge on any atom is -0.388 e. The molecule has 0 atom stereocenters. The van der Waals surface area contributed by atoms with Crippen molar-refractivity contribution in [2.45, 2.75) is 33.9 Å². The Labute approximate surface area is 118 Å². The molecule has 2 aromatic rings. The van der Waals surface area contributed by atoms with Crippen molar-refractivity contribution < 1.29 is 9.90 Å². The molecule has 0 saturated carbocycles. The number of aryl methyl sites for hydroxylation is 1. The van der Waals surface area contributed by atoms with E-state index in [9.17, 15) is 9.90 Å². The minimum atomic E-state index is -0.175. The maximum absolute atomic E-state index is 12.0. The number of amides is 1. The molecule has 5 heteroatoms. The third kappa shape index (κ3) is 3.17. The smallest absolute Gasteiger partial charge is 0.240 e. The van der Waals surface area contributed by atoms with Crippen molar-refractivity contribution in [1.82, 2.24) is 14.9 Å². The van der Waals surface area contributed by atoms with Crippen LogP contribution in [0.3, 0.4) is 0 Å². The van der Waals surface area contributed by atoms with E-state index in [0.717, 1.165) is 16.6 Å². The molecule has 1 aromatic carbocycles. The highest BCUT2D eigenvalue weighted by molar-refractivity contribution is 5.81. The molecule has 0 radical (unpaired) electrons. The second-order valence-corrected chi connectivity index (χ2v) is 5.46. The average Bonchev–Trinajstić information content (AvgIpc) is 2.73. The van der Waals surface area contributed by atoms with Crippen LogP contribution < -0.4 is 5.32 Å². The van der Waals surface area contributed by atoms with Gasteiger partial charge in [0, 0.05) is 6.54 Å². The van der Waals surface area contributed by atoms with Crippen LogP contribution in [-0.2, 0) is 17.9 Å². The Bertz CT molecular complexity index is 617. The van der Waals surface area contributed by atoms with Gasteiger partial charge >= 0.3 is 0 Å². The number of aromatic nitrogens is 2. The van der Waals surface area contributed by atoms with Crippen molar-refractivity contribution in [2.24, 2.45) is 5.92 Å². The monoisotopic (exact) mass is 275 g/mol. The summed E-state index contributed by atoms with van der Waals surface area (Å²) in [4.78, 5) is 16.3. The maximum atomic E-state index is 12.0. The van der Waals surface area contributed by atoms with Crippen LogP contribution >= 0.6 is 0 Å². The molecule has 5 nitrogen and oxygen atoms in total. The lowest BCUT2D eigenvalue weighted by Gasteiger charge is -2.10. The first kappa shape index (κ1) is 14.5. The lowest BCUT2D eigenvalue weighted by atomic mass is 10.2. The third-order valence-corrected chi connectivity index (χ3v) is 3.13. The Kier molecular flexibility index (Phi) is 4.39. The van der Waals surface area contributed by atoms with Crippen LogP contribution in [0.1, 0.15) is 25.2 Å². The van der Waals surface area contributed by atoms with Crippen LogP contribution in [0, 0.1) is 12.8 Å². The number of hydrogen-bond acceptors (Lipinski definition) is 3. The highest BCUT2D eigenvalue weighted by atomic mass is 16.3. The lowest BCUT2D eigenvalue weighted by molar-refractivity contribution is -0.121. The number of hydrogen-bond donors (Lipinski definition) is 2. The molecule has 0 aliphatic heterocycles. The van der Waals surface area contributed by atoms with Gasteiger partial charge in [0.2, 0.25) is 5.91 Å². The number of fused-ring (bicyclic) bond motifs is 1. The minimum absolute atomic E-state index is 0.0618. The Balaban J connectivity index is 2.26. The Morgan fingerprint density at radius 1 is 1.45 bits per heavy atom. The molecular formula is C15H21N3O2. The number of aliphatic hydroxyl groups excluding tert-OH is 1. The van der Waals surface area contributed by atoms with Crippen molar-refractivity contribution in [1.29, 1.82) is 0 Å². The third-order valence-electron chi connectivity index (χ3n) is 3.13. The topological polar surface area (TPSA) is 67.2 Å². The molecule has 0 fully saturated rings. The summed E-state index contributed by atoms with van der Waals surface area (Å²) in [6.07, 6.45) is 0. The number of aliphatic hydroxyl groups is 1. The van der Waals surface area contributed by atoms with Gasteiger partial charge in [0.15, 0.2) is 0 Å². The maximum Gasteiger partial charge on any atom is 0.240 e. The van der Waals surface area contributed by atoms with Gasteiger partial charge in [-0.3, -0.25) is 4.79 Å². The molecule has 0 spiro atoms. The molecule has 20 heavy (non-hydrogen) atoms. The van der Waals surface area contributed by atoms with E-state index in [1.165, 1.54) is 0 Å². The van der Waals surface area contributed by atoms with E-state index in [1.807, 2.05) is 25.1 Å². The van der Waals surface area contributed by atoms with Gasteiger partial charge < -0.3 is 15.0 Å².